The van der Waals surface area contributed by atoms with E-state index in [1.165, 1.54) is 12.1 Å². The van der Waals surface area contributed by atoms with Crippen LogP contribution in [0.2, 0.25) is 5.02 Å². The average Bonchev–Trinajstić information content (AvgIpc) is 2.30. The zero-order valence-electron chi connectivity index (χ0n) is 10.4. The lowest BCUT2D eigenvalue weighted by Crippen LogP contribution is -2.32. The molecule has 17 heavy (non-hydrogen) atoms. The lowest BCUT2D eigenvalue weighted by atomic mass is 9.83. The molecule has 0 saturated heterocycles. The predicted octanol–water partition coefficient (Wildman–Crippen LogP) is 3.82. The Morgan fingerprint density at radius 3 is 2.76 bits per heavy atom. The standard InChI is InChI=1S/C14H19ClFN/c1-4-14(3,10-17-5-2)9-11-6-7-12(16)8-13(11)15/h4,6-8,17H,1,5,9-10H2,2-3H3. The molecule has 1 aromatic carbocycles. The first-order valence-electron chi connectivity index (χ1n) is 5.79. The summed E-state index contributed by atoms with van der Waals surface area (Å²) in [6.45, 7) is 9.80. The van der Waals surface area contributed by atoms with Crippen LogP contribution in [0.25, 0.3) is 0 Å². The maximum Gasteiger partial charge on any atom is 0.124 e. The van der Waals surface area contributed by atoms with E-state index in [-0.39, 0.29) is 11.2 Å². The molecule has 0 aromatic heterocycles. The van der Waals surface area contributed by atoms with E-state index >= 15 is 0 Å². The van der Waals surface area contributed by atoms with Gasteiger partial charge in [0.15, 0.2) is 0 Å². The molecule has 1 atom stereocenters. The first kappa shape index (κ1) is 14.2. The topological polar surface area (TPSA) is 12.0 Å². The lowest BCUT2D eigenvalue weighted by Gasteiger charge is -2.26. The smallest absolute Gasteiger partial charge is 0.124 e. The minimum absolute atomic E-state index is 0.0719. The minimum Gasteiger partial charge on any atom is -0.316 e. The van der Waals surface area contributed by atoms with Gasteiger partial charge in [-0.25, -0.2) is 4.39 Å². The van der Waals surface area contributed by atoms with Crippen molar-refractivity contribution in [2.24, 2.45) is 5.41 Å². The van der Waals surface area contributed by atoms with Crippen LogP contribution in [0.15, 0.2) is 30.9 Å². The molecule has 0 saturated carbocycles. The fourth-order valence-electron chi connectivity index (χ4n) is 1.72. The zero-order valence-corrected chi connectivity index (χ0v) is 11.1. The number of halogens is 2. The molecule has 0 aliphatic heterocycles. The van der Waals surface area contributed by atoms with E-state index in [9.17, 15) is 4.39 Å². The van der Waals surface area contributed by atoms with Crippen LogP contribution in [0, 0.1) is 11.2 Å². The number of rotatable bonds is 6. The molecule has 1 nitrogen and oxygen atoms in total. The highest BCUT2D eigenvalue weighted by atomic mass is 35.5. The van der Waals surface area contributed by atoms with Crippen LogP contribution < -0.4 is 5.32 Å². The van der Waals surface area contributed by atoms with Crippen molar-refractivity contribution in [3.05, 3.63) is 47.3 Å². The Morgan fingerprint density at radius 2 is 2.24 bits per heavy atom. The molecule has 0 bridgehead atoms. The summed E-state index contributed by atoms with van der Waals surface area (Å²) >= 11 is 6.03. The van der Waals surface area contributed by atoms with E-state index in [1.54, 1.807) is 6.07 Å². The Balaban J connectivity index is 2.83. The number of benzene rings is 1. The molecule has 0 aliphatic carbocycles. The van der Waals surface area contributed by atoms with Crippen molar-refractivity contribution in [1.29, 1.82) is 0 Å². The van der Waals surface area contributed by atoms with Crippen molar-refractivity contribution < 1.29 is 4.39 Å². The Bertz CT molecular complexity index is 392. The summed E-state index contributed by atoms with van der Waals surface area (Å²) in [5.74, 6) is -0.300. The summed E-state index contributed by atoms with van der Waals surface area (Å²) in [5.41, 5.74) is 0.880. The van der Waals surface area contributed by atoms with Crippen molar-refractivity contribution in [3.8, 4) is 0 Å². The van der Waals surface area contributed by atoms with Crippen molar-refractivity contribution >= 4 is 11.6 Å². The molecule has 0 heterocycles. The molecule has 0 fully saturated rings. The maximum atomic E-state index is 12.9. The second-order valence-electron chi connectivity index (χ2n) is 4.55. The zero-order chi connectivity index (χ0) is 12.9. The molecule has 1 unspecified atom stereocenters. The van der Waals surface area contributed by atoms with Crippen LogP contribution in [0.5, 0.6) is 0 Å². The third kappa shape index (κ3) is 4.14. The van der Waals surface area contributed by atoms with Gasteiger partial charge in [0.25, 0.3) is 0 Å². The van der Waals surface area contributed by atoms with E-state index in [0.29, 0.717) is 5.02 Å². The van der Waals surface area contributed by atoms with Gasteiger partial charge in [-0.05, 0) is 30.7 Å². The summed E-state index contributed by atoms with van der Waals surface area (Å²) in [5, 5.41) is 3.78. The van der Waals surface area contributed by atoms with E-state index in [0.717, 1.165) is 25.1 Å². The molecule has 0 radical (unpaired) electrons. The minimum atomic E-state index is -0.300. The molecule has 1 N–H and O–H groups in total. The second kappa shape index (κ2) is 6.18. The molecule has 1 aromatic rings. The van der Waals surface area contributed by atoms with Crippen LogP contribution >= 0.6 is 11.6 Å². The fourth-order valence-corrected chi connectivity index (χ4v) is 1.95. The molecule has 0 aliphatic rings. The normalized spacial score (nSPS) is 14.4. The van der Waals surface area contributed by atoms with Crippen LogP contribution in [0.3, 0.4) is 0 Å². The SMILES string of the molecule is C=CC(C)(CNCC)Cc1ccc(F)cc1Cl. The largest absolute Gasteiger partial charge is 0.316 e. The van der Waals surface area contributed by atoms with Gasteiger partial charge >= 0.3 is 0 Å². The molecular formula is C14H19ClFN. The van der Waals surface area contributed by atoms with Crippen LogP contribution in [0.4, 0.5) is 4.39 Å². The first-order chi connectivity index (χ1) is 8.00. The third-order valence-electron chi connectivity index (χ3n) is 2.88. The van der Waals surface area contributed by atoms with E-state index < -0.39 is 0 Å². The van der Waals surface area contributed by atoms with Gasteiger partial charge in [0.05, 0.1) is 0 Å². The third-order valence-corrected chi connectivity index (χ3v) is 3.23. The molecule has 1 rings (SSSR count). The molecule has 3 heteroatoms. The maximum absolute atomic E-state index is 12.9. The van der Waals surface area contributed by atoms with Crippen molar-refractivity contribution in [2.75, 3.05) is 13.1 Å². The molecular weight excluding hydrogens is 237 g/mol. The fraction of sp³-hybridized carbons (Fsp3) is 0.429. The second-order valence-corrected chi connectivity index (χ2v) is 4.96. The van der Waals surface area contributed by atoms with Gasteiger partial charge < -0.3 is 5.32 Å². The van der Waals surface area contributed by atoms with Gasteiger partial charge in [-0.15, -0.1) is 6.58 Å². The Hall–Kier alpha value is -0.860. The summed E-state index contributed by atoms with van der Waals surface area (Å²) in [4.78, 5) is 0. The van der Waals surface area contributed by atoms with Crippen molar-refractivity contribution in [3.63, 3.8) is 0 Å². The average molecular weight is 256 g/mol. The summed E-state index contributed by atoms with van der Waals surface area (Å²) < 4.78 is 12.9. The van der Waals surface area contributed by atoms with Crippen molar-refractivity contribution in [1.82, 2.24) is 5.32 Å². The highest BCUT2D eigenvalue weighted by Crippen LogP contribution is 2.27. The molecule has 0 spiro atoms. The Morgan fingerprint density at radius 1 is 1.53 bits per heavy atom. The molecule has 94 valence electrons. The van der Waals surface area contributed by atoms with E-state index in [2.05, 4.69) is 25.7 Å². The first-order valence-corrected chi connectivity index (χ1v) is 6.17. The predicted molar refractivity (Wildman–Crippen MR) is 72.0 cm³/mol. The van der Waals surface area contributed by atoms with Crippen molar-refractivity contribution in [2.45, 2.75) is 20.3 Å². The van der Waals surface area contributed by atoms with Gasteiger partial charge in [0, 0.05) is 17.0 Å². The van der Waals surface area contributed by atoms with Gasteiger partial charge in [-0.1, -0.05) is 37.6 Å². The molecule has 0 amide bonds. The number of nitrogens with one attached hydrogen (secondary N) is 1. The number of hydrogen-bond donors (Lipinski definition) is 1. The van der Waals surface area contributed by atoms with E-state index in [1.807, 2.05) is 6.08 Å². The van der Waals surface area contributed by atoms with Crippen LogP contribution in [0.1, 0.15) is 19.4 Å². The van der Waals surface area contributed by atoms with Crippen LogP contribution in [-0.2, 0) is 6.42 Å². The summed E-state index contributed by atoms with van der Waals surface area (Å²) in [6, 6.07) is 4.54. The van der Waals surface area contributed by atoms with Gasteiger partial charge in [0.1, 0.15) is 5.82 Å². The lowest BCUT2D eigenvalue weighted by molar-refractivity contribution is 0.395. The van der Waals surface area contributed by atoms with Gasteiger partial charge in [-0.3, -0.25) is 0 Å². The Kier molecular flexibility index (Phi) is 5.16. The van der Waals surface area contributed by atoms with Gasteiger partial charge in [-0.2, -0.15) is 0 Å². The van der Waals surface area contributed by atoms with E-state index in [4.69, 9.17) is 11.6 Å². The highest BCUT2D eigenvalue weighted by molar-refractivity contribution is 6.31. The summed E-state index contributed by atoms with van der Waals surface area (Å²) in [6.07, 6.45) is 2.68. The highest BCUT2D eigenvalue weighted by Gasteiger charge is 2.21. The Labute approximate surface area is 108 Å². The summed E-state index contributed by atoms with van der Waals surface area (Å²) in [7, 11) is 0. The number of hydrogen-bond acceptors (Lipinski definition) is 1. The monoisotopic (exact) mass is 255 g/mol. The van der Waals surface area contributed by atoms with Gasteiger partial charge in [0.2, 0.25) is 0 Å². The quantitative estimate of drug-likeness (QED) is 0.762. The van der Waals surface area contributed by atoms with Crippen LogP contribution in [-0.4, -0.2) is 13.1 Å².